The molecule has 0 amide bonds. The topological polar surface area (TPSA) is 148 Å². The zero-order valence-electron chi connectivity index (χ0n) is 10.4. The fraction of sp³-hybridized carbons (Fsp3) is 0.364. The summed E-state index contributed by atoms with van der Waals surface area (Å²) in [6.45, 7) is 0.480. The Balaban J connectivity index is 2.26. The summed E-state index contributed by atoms with van der Waals surface area (Å²) in [5, 5.41) is 13.7. The summed E-state index contributed by atoms with van der Waals surface area (Å²) in [5.41, 5.74) is 7.09. The molecule has 9 heteroatoms. The summed E-state index contributed by atoms with van der Waals surface area (Å²) in [4.78, 5) is 10.7. The number of carboxylic acids is 1. The monoisotopic (exact) mass is 301 g/mol. The highest BCUT2D eigenvalue weighted by atomic mass is 32.2. The van der Waals surface area contributed by atoms with Crippen molar-refractivity contribution in [3.8, 4) is 0 Å². The fourth-order valence-corrected chi connectivity index (χ4v) is 2.31. The molecule has 2 atom stereocenters. The number of rotatable bonds is 6. The maximum atomic E-state index is 11.1. The first-order valence-corrected chi connectivity index (χ1v) is 7.34. The van der Waals surface area contributed by atoms with Crippen LogP contribution in [-0.4, -0.2) is 32.1 Å². The molecule has 0 bridgehead atoms. The minimum Gasteiger partial charge on any atom is -0.480 e. The van der Waals surface area contributed by atoms with E-state index in [4.69, 9.17) is 20.7 Å². The lowest BCUT2D eigenvalue weighted by atomic mass is 10.0. The Morgan fingerprint density at radius 2 is 2.20 bits per heavy atom. The molecule has 8 nitrogen and oxygen atoms in total. The van der Waals surface area contributed by atoms with E-state index < -0.39 is 22.2 Å². The minimum atomic E-state index is -3.88. The van der Waals surface area contributed by atoms with Gasteiger partial charge in [0.1, 0.15) is 12.1 Å². The second-order valence-electron chi connectivity index (χ2n) is 4.54. The number of nitrogens with one attached hydrogen (secondary N) is 1. The van der Waals surface area contributed by atoms with Gasteiger partial charge in [-0.15, -0.1) is 0 Å². The van der Waals surface area contributed by atoms with E-state index in [1.54, 1.807) is 12.1 Å². The molecule has 6 N–H and O–H groups in total. The molecule has 1 aromatic carbocycles. The molecule has 1 aromatic rings. The highest BCUT2D eigenvalue weighted by molar-refractivity contribution is 7.90. The molecule has 2 rings (SSSR count). The first-order chi connectivity index (χ1) is 9.26. The van der Waals surface area contributed by atoms with Crippen molar-refractivity contribution >= 4 is 21.9 Å². The third-order valence-corrected chi connectivity index (χ3v) is 3.33. The van der Waals surface area contributed by atoms with Crippen LogP contribution >= 0.6 is 0 Å². The van der Waals surface area contributed by atoms with E-state index >= 15 is 0 Å². The van der Waals surface area contributed by atoms with Gasteiger partial charge in [0.15, 0.2) is 0 Å². The maximum absolute atomic E-state index is 11.1. The lowest BCUT2D eigenvalue weighted by molar-refractivity contribution is -0.138. The molecule has 2 unspecified atom stereocenters. The Morgan fingerprint density at radius 3 is 2.70 bits per heavy atom. The molecule has 1 heterocycles. The van der Waals surface area contributed by atoms with Gasteiger partial charge in [-0.2, -0.15) is 8.42 Å². The van der Waals surface area contributed by atoms with Crippen molar-refractivity contribution < 1.29 is 23.1 Å². The number of carbonyl (C=O) groups is 1. The van der Waals surface area contributed by atoms with Gasteiger partial charge in [0, 0.05) is 5.56 Å². The molecule has 0 radical (unpaired) electrons. The number of hydrogen-bond donors (Lipinski definition) is 4. The average molecular weight is 301 g/mol. The number of hydrogen-bond acceptors (Lipinski definition) is 5. The van der Waals surface area contributed by atoms with E-state index in [1.165, 1.54) is 6.07 Å². The number of anilines is 1. The van der Waals surface area contributed by atoms with Gasteiger partial charge in [0.25, 0.3) is 10.2 Å². The van der Waals surface area contributed by atoms with E-state index in [-0.39, 0.29) is 12.5 Å². The van der Waals surface area contributed by atoms with Gasteiger partial charge in [-0.25, -0.2) is 5.14 Å². The summed E-state index contributed by atoms with van der Waals surface area (Å²) in [5.74, 6) is -1.10. The first kappa shape index (κ1) is 14.7. The van der Waals surface area contributed by atoms with Crippen molar-refractivity contribution in [2.24, 2.45) is 10.9 Å². The summed E-state index contributed by atoms with van der Waals surface area (Å²) in [6, 6.07) is 3.78. The lowest BCUT2D eigenvalue weighted by Crippen LogP contribution is -2.32. The third kappa shape index (κ3) is 3.90. The maximum Gasteiger partial charge on any atom is 0.320 e. The molecular weight excluding hydrogens is 286 g/mol. The molecule has 1 aliphatic heterocycles. The van der Waals surface area contributed by atoms with Gasteiger partial charge in [-0.05, 0) is 18.1 Å². The standard InChI is InChI=1S/C11H15N3O5S/c12-8(11(15)16)4-6-1-2-9(14-20(13,17)18)7(3-6)10-5-19-10/h1-3,8,10,14H,4-5,12H2,(H,15,16)(H2,13,17,18). The second-order valence-corrected chi connectivity index (χ2v) is 5.83. The van der Waals surface area contributed by atoms with Gasteiger partial charge in [0.05, 0.1) is 12.3 Å². The number of benzene rings is 1. The Hall–Kier alpha value is -1.68. The van der Waals surface area contributed by atoms with Crippen molar-refractivity contribution in [2.45, 2.75) is 18.6 Å². The minimum absolute atomic E-state index is 0.144. The summed E-state index contributed by atoms with van der Waals surface area (Å²) >= 11 is 0. The van der Waals surface area contributed by atoms with Crippen LogP contribution in [0.1, 0.15) is 17.2 Å². The normalized spacial score (nSPS) is 19.4. The van der Waals surface area contributed by atoms with Crippen LogP contribution in [-0.2, 0) is 26.2 Å². The number of aliphatic carboxylic acids is 1. The van der Waals surface area contributed by atoms with Crippen LogP contribution in [0.5, 0.6) is 0 Å². The molecule has 110 valence electrons. The first-order valence-electron chi connectivity index (χ1n) is 5.79. The Bertz CT molecular complexity index is 627. The Labute approximate surface area is 115 Å². The van der Waals surface area contributed by atoms with Gasteiger partial charge >= 0.3 is 5.97 Å². The van der Waals surface area contributed by atoms with Gasteiger partial charge in [-0.3, -0.25) is 9.52 Å². The number of ether oxygens (including phenoxy) is 1. The van der Waals surface area contributed by atoms with E-state index in [0.29, 0.717) is 23.4 Å². The zero-order valence-corrected chi connectivity index (χ0v) is 11.3. The van der Waals surface area contributed by atoms with Crippen molar-refractivity contribution in [2.75, 3.05) is 11.3 Å². The zero-order chi connectivity index (χ0) is 14.9. The SMILES string of the molecule is NC(Cc1ccc(NS(N)(=O)=O)c(C2CO2)c1)C(=O)O. The Kier molecular flexibility index (Phi) is 3.95. The van der Waals surface area contributed by atoms with Gasteiger partial charge < -0.3 is 15.6 Å². The number of nitrogens with two attached hydrogens (primary N) is 2. The van der Waals surface area contributed by atoms with Crippen LogP contribution in [0.2, 0.25) is 0 Å². The van der Waals surface area contributed by atoms with Crippen LogP contribution in [0.4, 0.5) is 5.69 Å². The Morgan fingerprint density at radius 1 is 1.55 bits per heavy atom. The van der Waals surface area contributed by atoms with E-state index in [2.05, 4.69) is 4.72 Å². The average Bonchev–Trinajstić information content (AvgIpc) is 3.13. The smallest absolute Gasteiger partial charge is 0.320 e. The summed E-state index contributed by atoms with van der Waals surface area (Å²) in [7, 11) is -3.88. The van der Waals surface area contributed by atoms with Crippen LogP contribution in [0.15, 0.2) is 18.2 Å². The third-order valence-electron chi connectivity index (χ3n) is 2.82. The largest absolute Gasteiger partial charge is 0.480 e. The van der Waals surface area contributed by atoms with Crippen molar-refractivity contribution in [1.29, 1.82) is 0 Å². The predicted octanol–water partition coefficient (Wildman–Crippen LogP) is -0.672. The van der Waals surface area contributed by atoms with E-state index in [1.807, 2.05) is 0 Å². The number of carboxylic acid groups (broad SMARTS) is 1. The van der Waals surface area contributed by atoms with Gasteiger partial charge in [0.2, 0.25) is 0 Å². The molecular formula is C11H15N3O5S. The highest BCUT2D eigenvalue weighted by Crippen LogP contribution is 2.36. The number of epoxide rings is 1. The van der Waals surface area contributed by atoms with E-state index in [0.717, 1.165) is 0 Å². The van der Waals surface area contributed by atoms with Gasteiger partial charge in [-0.1, -0.05) is 12.1 Å². The van der Waals surface area contributed by atoms with Crippen LogP contribution < -0.4 is 15.6 Å². The second kappa shape index (κ2) is 5.37. The molecule has 0 aliphatic carbocycles. The van der Waals surface area contributed by atoms with Crippen LogP contribution in [0.25, 0.3) is 0 Å². The molecule has 0 spiro atoms. The highest BCUT2D eigenvalue weighted by Gasteiger charge is 2.29. The summed E-state index contributed by atoms with van der Waals surface area (Å²) < 4.78 is 29.5. The molecule has 0 saturated carbocycles. The molecule has 1 fully saturated rings. The van der Waals surface area contributed by atoms with Crippen molar-refractivity contribution in [1.82, 2.24) is 0 Å². The molecule has 1 aliphatic rings. The summed E-state index contributed by atoms with van der Waals surface area (Å²) in [6.07, 6.45) is -0.0645. The quantitative estimate of drug-likeness (QED) is 0.512. The predicted molar refractivity (Wildman–Crippen MR) is 71.2 cm³/mol. The lowest BCUT2D eigenvalue weighted by Gasteiger charge is -2.12. The van der Waals surface area contributed by atoms with Crippen molar-refractivity contribution in [3.63, 3.8) is 0 Å². The van der Waals surface area contributed by atoms with Crippen molar-refractivity contribution in [3.05, 3.63) is 29.3 Å². The fourth-order valence-electron chi connectivity index (χ4n) is 1.82. The molecule has 0 aromatic heterocycles. The van der Waals surface area contributed by atoms with Crippen LogP contribution in [0.3, 0.4) is 0 Å². The van der Waals surface area contributed by atoms with E-state index in [9.17, 15) is 13.2 Å². The molecule has 1 saturated heterocycles. The van der Waals surface area contributed by atoms with Crippen LogP contribution in [0, 0.1) is 0 Å². The molecule has 20 heavy (non-hydrogen) atoms.